The van der Waals surface area contributed by atoms with Gasteiger partial charge in [0.2, 0.25) is 11.8 Å². The van der Waals surface area contributed by atoms with Gasteiger partial charge in [0.05, 0.1) is 12.5 Å². The molecule has 0 spiro atoms. The summed E-state index contributed by atoms with van der Waals surface area (Å²) < 4.78 is 0. The highest BCUT2D eigenvalue weighted by Crippen LogP contribution is 2.22. The minimum absolute atomic E-state index is 0.0296. The van der Waals surface area contributed by atoms with E-state index in [4.69, 9.17) is 5.73 Å². The SMILES string of the molecule is Cc1cc(C)c(NC(=O)CN2CCCC(C(=O)NCCN)C2)c(C)c1. The predicted octanol–water partition coefficient (Wildman–Crippen LogP) is 1.34. The lowest BCUT2D eigenvalue weighted by molar-refractivity contribution is -0.127. The largest absolute Gasteiger partial charge is 0.355 e. The van der Waals surface area contributed by atoms with Crippen LogP contribution >= 0.6 is 0 Å². The predicted molar refractivity (Wildman–Crippen MR) is 101 cm³/mol. The van der Waals surface area contributed by atoms with Crippen molar-refractivity contribution in [1.82, 2.24) is 10.2 Å². The summed E-state index contributed by atoms with van der Waals surface area (Å²) in [5, 5.41) is 5.88. The molecule has 138 valence electrons. The van der Waals surface area contributed by atoms with Gasteiger partial charge >= 0.3 is 0 Å². The van der Waals surface area contributed by atoms with Crippen LogP contribution in [0.2, 0.25) is 0 Å². The fourth-order valence-electron chi connectivity index (χ4n) is 3.51. The van der Waals surface area contributed by atoms with E-state index in [-0.39, 0.29) is 17.7 Å². The van der Waals surface area contributed by atoms with E-state index in [0.717, 1.165) is 36.2 Å². The average Bonchev–Trinajstić information content (AvgIpc) is 2.56. The fraction of sp³-hybridized carbons (Fsp3) is 0.579. The van der Waals surface area contributed by atoms with E-state index in [0.29, 0.717) is 26.2 Å². The Morgan fingerprint density at radius 3 is 2.56 bits per heavy atom. The average molecular weight is 346 g/mol. The first-order chi connectivity index (χ1) is 11.9. The molecule has 1 saturated heterocycles. The molecule has 25 heavy (non-hydrogen) atoms. The third-order valence-corrected chi connectivity index (χ3v) is 4.63. The maximum atomic E-state index is 12.4. The Balaban J connectivity index is 1.91. The zero-order chi connectivity index (χ0) is 18.4. The molecular formula is C19H30N4O2. The zero-order valence-electron chi connectivity index (χ0n) is 15.5. The van der Waals surface area contributed by atoms with Gasteiger partial charge in [0.25, 0.3) is 0 Å². The molecular weight excluding hydrogens is 316 g/mol. The lowest BCUT2D eigenvalue weighted by atomic mass is 9.97. The molecule has 1 aromatic carbocycles. The molecule has 0 aliphatic carbocycles. The highest BCUT2D eigenvalue weighted by molar-refractivity contribution is 5.93. The van der Waals surface area contributed by atoms with Crippen molar-refractivity contribution in [2.75, 3.05) is 38.0 Å². The normalized spacial score (nSPS) is 18.0. The van der Waals surface area contributed by atoms with Gasteiger partial charge in [-0.3, -0.25) is 14.5 Å². The Morgan fingerprint density at radius 2 is 1.92 bits per heavy atom. The van der Waals surface area contributed by atoms with Crippen LogP contribution in [-0.2, 0) is 9.59 Å². The molecule has 1 aliphatic rings. The quantitative estimate of drug-likeness (QED) is 0.725. The van der Waals surface area contributed by atoms with Crippen LogP contribution < -0.4 is 16.4 Å². The van der Waals surface area contributed by atoms with Gasteiger partial charge in [-0.25, -0.2) is 0 Å². The molecule has 1 fully saturated rings. The number of carbonyl (C=O) groups is 2. The molecule has 2 amide bonds. The van der Waals surface area contributed by atoms with E-state index in [1.54, 1.807) is 0 Å². The van der Waals surface area contributed by atoms with Gasteiger partial charge in [-0.15, -0.1) is 0 Å². The Bertz CT molecular complexity index is 607. The maximum Gasteiger partial charge on any atom is 0.238 e. The first-order valence-electron chi connectivity index (χ1n) is 8.98. The lowest BCUT2D eigenvalue weighted by Crippen LogP contribution is -2.46. The Kier molecular flexibility index (Phi) is 6.96. The maximum absolute atomic E-state index is 12.4. The number of benzene rings is 1. The summed E-state index contributed by atoms with van der Waals surface area (Å²) in [6.07, 6.45) is 1.79. The molecule has 0 radical (unpaired) electrons. The summed E-state index contributed by atoms with van der Waals surface area (Å²) in [4.78, 5) is 26.6. The number of nitrogens with zero attached hydrogens (tertiary/aromatic N) is 1. The number of aryl methyl sites for hydroxylation is 3. The second kappa shape index (κ2) is 8.97. The number of piperidine rings is 1. The molecule has 0 saturated carbocycles. The van der Waals surface area contributed by atoms with E-state index < -0.39 is 0 Å². The summed E-state index contributed by atoms with van der Waals surface area (Å²) in [6, 6.07) is 4.14. The number of likely N-dealkylation sites (tertiary alicyclic amines) is 1. The first kappa shape index (κ1) is 19.4. The first-order valence-corrected chi connectivity index (χ1v) is 8.98. The number of nitrogens with one attached hydrogen (secondary N) is 2. The third-order valence-electron chi connectivity index (χ3n) is 4.63. The van der Waals surface area contributed by atoms with Gasteiger partial charge in [-0.05, 0) is 51.3 Å². The second-order valence-corrected chi connectivity index (χ2v) is 6.98. The molecule has 0 aromatic heterocycles. The number of amides is 2. The zero-order valence-corrected chi connectivity index (χ0v) is 15.5. The standard InChI is InChI=1S/C19H30N4O2/c1-13-9-14(2)18(15(3)10-13)22-17(24)12-23-8-4-5-16(11-23)19(25)21-7-6-20/h9-10,16H,4-8,11-12,20H2,1-3H3,(H,21,25)(H,22,24). The fourth-order valence-corrected chi connectivity index (χ4v) is 3.51. The molecule has 1 atom stereocenters. The van der Waals surface area contributed by atoms with Crippen LogP contribution in [0.5, 0.6) is 0 Å². The van der Waals surface area contributed by atoms with Crippen molar-refractivity contribution in [1.29, 1.82) is 0 Å². The van der Waals surface area contributed by atoms with Crippen molar-refractivity contribution in [2.45, 2.75) is 33.6 Å². The topological polar surface area (TPSA) is 87.5 Å². The minimum Gasteiger partial charge on any atom is -0.355 e. The highest BCUT2D eigenvalue weighted by Gasteiger charge is 2.26. The van der Waals surface area contributed by atoms with E-state index in [9.17, 15) is 9.59 Å². The van der Waals surface area contributed by atoms with Crippen LogP contribution in [0.4, 0.5) is 5.69 Å². The highest BCUT2D eigenvalue weighted by atomic mass is 16.2. The van der Waals surface area contributed by atoms with Gasteiger partial charge in [-0.1, -0.05) is 17.7 Å². The molecule has 0 bridgehead atoms. The summed E-state index contributed by atoms with van der Waals surface area (Å²) in [5.41, 5.74) is 9.66. The Hall–Kier alpha value is -1.92. The number of hydrogen-bond acceptors (Lipinski definition) is 4. The van der Waals surface area contributed by atoms with Crippen LogP contribution in [0.1, 0.15) is 29.5 Å². The third kappa shape index (κ3) is 5.54. The van der Waals surface area contributed by atoms with E-state index in [1.165, 1.54) is 5.56 Å². The van der Waals surface area contributed by atoms with Crippen LogP contribution in [-0.4, -0.2) is 49.4 Å². The van der Waals surface area contributed by atoms with Gasteiger partial charge in [-0.2, -0.15) is 0 Å². The second-order valence-electron chi connectivity index (χ2n) is 6.98. The van der Waals surface area contributed by atoms with Gasteiger partial charge < -0.3 is 16.4 Å². The summed E-state index contributed by atoms with van der Waals surface area (Å²) >= 11 is 0. The minimum atomic E-state index is -0.0593. The van der Waals surface area contributed by atoms with E-state index in [1.807, 2.05) is 13.8 Å². The number of rotatable bonds is 6. The molecule has 1 unspecified atom stereocenters. The van der Waals surface area contributed by atoms with Gasteiger partial charge in [0.15, 0.2) is 0 Å². The van der Waals surface area contributed by atoms with Crippen molar-refractivity contribution in [2.24, 2.45) is 11.7 Å². The summed E-state index contributed by atoms with van der Waals surface area (Å²) in [5.74, 6) is -0.0465. The van der Waals surface area contributed by atoms with Crippen LogP contribution in [0.3, 0.4) is 0 Å². The number of carbonyl (C=O) groups excluding carboxylic acids is 2. The molecule has 1 aliphatic heterocycles. The molecule has 4 N–H and O–H groups in total. The van der Waals surface area contributed by atoms with E-state index >= 15 is 0 Å². The lowest BCUT2D eigenvalue weighted by Gasteiger charge is -2.31. The van der Waals surface area contributed by atoms with Gasteiger partial charge in [0.1, 0.15) is 0 Å². The van der Waals surface area contributed by atoms with Crippen molar-refractivity contribution < 1.29 is 9.59 Å². The summed E-state index contributed by atoms with van der Waals surface area (Å²) in [6.45, 7) is 8.79. The number of anilines is 1. The smallest absolute Gasteiger partial charge is 0.238 e. The molecule has 1 heterocycles. The van der Waals surface area contributed by atoms with Gasteiger partial charge in [0, 0.05) is 25.3 Å². The molecule has 6 nitrogen and oxygen atoms in total. The van der Waals surface area contributed by atoms with E-state index in [2.05, 4.69) is 34.6 Å². The van der Waals surface area contributed by atoms with Crippen LogP contribution in [0.15, 0.2) is 12.1 Å². The Morgan fingerprint density at radius 1 is 1.24 bits per heavy atom. The van der Waals surface area contributed by atoms with Crippen molar-refractivity contribution in [3.8, 4) is 0 Å². The van der Waals surface area contributed by atoms with Crippen molar-refractivity contribution in [3.05, 3.63) is 28.8 Å². The van der Waals surface area contributed by atoms with Crippen LogP contribution in [0.25, 0.3) is 0 Å². The van der Waals surface area contributed by atoms with Crippen molar-refractivity contribution in [3.63, 3.8) is 0 Å². The number of hydrogen-bond donors (Lipinski definition) is 3. The van der Waals surface area contributed by atoms with Crippen molar-refractivity contribution >= 4 is 17.5 Å². The van der Waals surface area contributed by atoms with Crippen LogP contribution in [0, 0.1) is 26.7 Å². The molecule has 2 rings (SSSR count). The Labute approximate surface area is 150 Å². The molecule has 1 aromatic rings. The summed E-state index contributed by atoms with van der Waals surface area (Å²) in [7, 11) is 0. The molecule has 6 heteroatoms. The monoisotopic (exact) mass is 346 g/mol. The number of nitrogens with two attached hydrogens (primary N) is 1.